The molecule has 0 spiro atoms. The molecule has 118 valence electrons. The molecule has 2 fully saturated rings. The highest BCUT2D eigenvalue weighted by atomic mass is 19.1. The van der Waals surface area contributed by atoms with Gasteiger partial charge < -0.3 is 9.80 Å². The van der Waals surface area contributed by atoms with Crippen molar-refractivity contribution in [3.8, 4) is 0 Å². The van der Waals surface area contributed by atoms with E-state index in [2.05, 4.69) is 0 Å². The van der Waals surface area contributed by atoms with E-state index in [0.29, 0.717) is 11.5 Å². The van der Waals surface area contributed by atoms with Gasteiger partial charge in [0, 0.05) is 27.1 Å². The second-order valence-corrected chi connectivity index (χ2v) is 6.48. The Hall–Kier alpha value is -1.91. The lowest BCUT2D eigenvalue weighted by molar-refractivity contribution is -0.135. The topological polar surface area (TPSA) is 40.6 Å². The van der Waals surface area contributed by atoms with Crippen LogP contribution in [-0.2, 0) is 9.59 Å². The van der Waals surface area contributed by atoms with Crippen LogP contribution in [0.4, 0.5) is 4.39 Å². The van der Waals surface area contributed by atoms with Gasteiger partial charge in [0.25, 0.3) is 0 Å². The van der Waals surface area contributed by atoms with Crippen LogP contribution >= 0.6 is 0 Å². The smallest absolute Gasteiger partial charge is 0.228 e. The number of hydrogen-bond donors (Lipinski definition) is 0. The van der Waals surface area contributed by atoms with Crippen LogP contribution in [0.3, 0.4) is 0 Å². The van der Waals surface area contributed by atoms with E-state index in [1.807, 2.05) is 0 Å². The normalized spacial score (nSPS) is 24.7. The summed E-state index contributed by atoms with van der Waals surface area (Å²) in [5, 5.41) is 0. The lowest BCUT2D eigenvalue weighted by atomic mass is 9.92. The largest absolute Gasteiger partial charge is 0.345 e. The number of benzene rings is 1. The van der Waals surface area contributed by atoms with Crippen LogP contribution in [0.2, 0.25) is 0 Å². The van der Waals surface area contributed by atoms with Crippen molar-refractivity contribution >= 4 is 11.8 Å². The number of likely N-dealkylation sites (tertiary alicyclic amines) is 1. The van der Waals surface area contributed by atoms with Gasteiger partial charge >= 0.3 is 0 Å². The first-order valence-corrected chi connectivity index (χ1v) is 7.73. The van der Waals surface area contributed by atoms with E-state index >= 15 is 0 Å². The molecule has 0 bridgehead atoms. The quantitative estimate of drug-likeness (QED) is 0.856. The van der Waals surface area contributed by atoms with Crippen molar-refractivity contribution in [2.45, 2.75) is 25.3 Å². The van der Waals surface area contributed by atoms with Crippen LogP contribution in [0.15, 0.2) is 24.3 Å². The van der Waals surface area contributed by atoms with Gasteiger partial charge in [-0.15, -0.1) is 0 Å². The lowest BCUT2D eigenvalue weighted by Crippen LogP contribution is -2.37. The zero-order valence-corrected chi connectivity index (χ0v) is 13.0. The summed E-state index contributed by atoms with van der Waals surface area (Å²) in [6.07, 6.45) is 2.55. The summed E-state index contributed by atoms with van der Waals surface area (Å²) in [6, 6.07) is 5.82. The van der Waals surface area contributed by atoms with E-state index in [0.717, 1.165) is 6.54 Å². The summed E-state index contributed by atoms with van der Waals surface area (Å²) in [7, 11) is 3.48. The monoisotopic (exact) mass is 304 g/mol. The zero-order chi connectivity index (χ0) is 15.9. The van der Waals surface area contributed by atoms with Gasteiger partial charge in [-0.3, -0.25) is 9.59 Å². The molecular formula is C17H21FN2O2. The van der Waals surface area contributed by atoms with Crippen LogP contribution in [0.1, 0.15) is 30.9 Å². The first-order valence-electron chi connectivity index (χ1n) is 7.73. The molecule has 2 amide bonds. The van der Waals surface area contributed by atoms with Gasteiger partial charge in [0.2, 0.25) is 11.8 Å². The van der Waals surface area contributed by atoms with Crippen LogP contribution < -0.4 is 0 Å². The van der Waals surface area contributed by atoms with E-state index in [1.54, 1.807) is 36.0 Å². The van der Waals surface area contributed by atoms with Gasteiger partial charge in [-0.1, -0.05) is 12.1 Å². The Morgan fingerprint density at radius 1 is 1.41 bits per heavy atom. The number of carbonyl (C=O) groups excluding carboxylic acids is 2. The zero-order valence-electron chi connectivity index (χ0n) is 13.0. The number of hydrogen-bond acceptors (Lipinski definition) is 2. The van der Waals surface area contributed by atoms with E-state index < -0.39 is 5.92 Å². The minimum absolute atomic E-state index is 0.0149. The summed E-state index contributed by atoms with van der Waals surface area (Å²) in [5.41, 5.74) is 0.687. The lowest BCUT2D eigenvalue weighted by Gasteiger charge is -2.28. The maximum Gasteiger partial charge on any atom is 0.228 e. The van der Waals surface area contributed by atoms with Crippen molar-refractivity contribution < 1.29 is 14.0 Å². The summed E-state index contributed by atoms with van der Waals surface area (Å²) in [4.78, 5) is 28.1. The van der Waals surface area contributed by atoms with Crippen molar-refractivity contribution in [2.75, 3.05) is 20.6 Å². The highest BCUT2D eigenvalue weighted by Gasteiger charge is 2.44. The van der Waals surface area contributed by atoms with E-state index in [1.165, 1.54) is 25.0 Å². The van der Waals surface area contributed by atoms with Gasteiger partial charge in [0.15, 0.2) is 0 Å². The summed E-state index contributed by atoms with van der Waals surface area (Å²) in [5.74, 6) is -0.242. The fourth-order valence-electron chi connectivity index (χ4n) is 3.30. The molecule has 0 unspecified atom stereocenters. The Kier molecular flexibility index (Phi) is 3.89. The van der Waals surface area contributed by atoms with Crippen molar-refractivity contribution in [1.82, 2.24) is 9.80 Å². The first-order chi connectivity index (χ1) is 10.5. The second-order valence-electron chi connectivity index (χ2n) is 6.48. The SMILES string of the molecule is CN(CC1CC1)C(=O)[C@H]1CC(=O)N(C)[C@@H]1c1cccc(F)c1. The molecule has 0 radical (unpaired) electrons. The van der Waals surface area contributed by atoms with E-state index in [4.69, 9.17) is 0 Å². The maximum atomic E-state index is 13.5. The molecule has 1 aliphatic carbocycles. The summed E-state index contributed by atoms with van der Waals surface area (Å²) in [6.45, 7) is 0.753. The average molecular weight is 304 g/mol. The minimum Gasteiger partial charge on any atom is -0.345 e. The summed E-state index contributed by atoms with van der Waals surface area (Å²) >= 11 is 0. The van der Waals surface area contributed by atoms with Crippen LogP contribution in [-0.4, -0.2) is 42.3 Å². The first kappa shape index (κ1) is 15.0. The number of nitrogens with zero attached hydrogens (tertiary/aromatic N) is 2. The molecule has 1 heterocycles. The van der Waals surface area contributed by atoms with Gasteiger partial charge in [-0.25, -0.2) is 4.39 Å². The number of amides is 2. The molecule has 1 aliphatic heterocycles. The van der Waals surface area contributed by atoms with Crippen molar-refractivity contribution in [3.05, 3.63) is 35.6 Å². The molecule has 2 aliphatic rings. The van der Waals surface area contributed by atoms with E-state index in [9.17, 15) is 14.0 Å². The highest BCUT2D eigenvalue weighted by Crippen LogP contribution is 2.39. The third kappa shape index (κ3) is 2.85. The molecule has 22 heavy (non-hydrogen) atoms. The third-order valence-electron chi connectivity index (χ3n) is 4.70. The molecule has 1 aromatic carbocycles. The van der Waals surface area contributed by atoms with Gasteiger partial charge in [-0.2, -0.15) is 0 Å². The molecule has 3 rings (SSSR count). The summed E-state index contributed by atoms with van der Waals surface area (Å²) < 4.78 is 13.5. The van der Waals surface area contributed by atoms with Gasteiger partial charge in [0.05, 0.1) is 12.0 Å². The standard InChI is InChI=1S/C17H21FN2O2/c1-19(10-11-6-7-11)17(22)14-9-15(21)20(2)16(14)12-4-3-5-13(18)8-12/h3-5,8,11,14,16H,6-7,9-10H2,1-2H3/t14-,16+/m0/s1. The van der Waals surface area contributed by atoms with E-state index in [-0.39, 0.29) is 30.1 Å². The fourth-order valence-corrected chi connectivity index (χ4v) is 3.30. The van der Waals surface area contributed by atoms with Crippen LogP contribution in [0.25, 0.3) is 0 Å². The Morgan fingerprint density at radius 3 is 2.77 bits per heavy atom. The minimum atomic E-state index is -0.428. The predicted molar refractivity (Wildman–Crippen MR) is 80.4 cm³/mol. The molecule has 2 atom stereocenters. The predicted octanol–water partition coefficient (Wildman–Crippen LogP) is 2.21. The molecule has 1 saturated heterocycles. The molecule has 0 aromatic heterocycles. The molecule has 1 aromatic rings. The van der Waals surface area contributed by atoms with Gasteiger partial charge in [0.1, 0.15) is 5.82 Å². The van der Waals surface area contributed by atoms with Crippen molar-refractivity contribution in [2.24, 2.45) is 11.8 Å². The Morgan fingerprint density at radius 2 is 2.14 bits per heavy atom. The third-order valence-corrected chi connectivity index (χ3v) is 4.70. The molecule has 0 N–H and O–H groups in total. The second kappa shape index (κ2) is 5.71. The van der Waals surface area contributed by atoms with Crippen molar-refractivity contribution in [3.63, 3.8) is 0 Å². The number of halogens is 1. The molecule has 4 nitrogen and oxygen atoms in total. The maximum absolute atomic E-state index is 13.5. The Labute approximate surface area is 129 Å². The molecule has 5 heteroatoms. The average Bonchev–Trinajstić information content (AvgIpc) is 3.24. The Bertz CT molecular complexity index is 600. The molecular weight excluding hydrogens is 283 g/mol. The fraction of sp³-hybridized carbons (Fsp3) is 0.529. The Balaban J connectivity index is 1.84. The molecule has 1 saturated carbocycles. The number of rotatable bonds is 4. The highest BCUT2D eigenvalue weighted by molar-refractivity contribution is 5.90. The van der Waals surface area contributed by atoms with Crippen LogP contribution in [0.5, 0.6) is 0 Å². The van der Waals surface area contributed by atoms with Crippen molar-refractivity contribution in [1.29, 1.82) is 0 Å². The number of carbonyl (C=O) groups is 2. The van der Waals surface area contributed by atoms with Gasteiger partial charge in [-0.05, 0) is 36.5 Å². The van der Waals surface area contributed by atoms with Crippen LogP contribution in [0, 0.1) is 17.7 Å².